The van der Waals surface area contributed by atoms with Crippen LogP contribution >= 0.6 is 12.6 Å². The lowest BCUT2D eigenvalue weighted by Crippen LogP contribution is -2.41. The van der Waals surface area contributed by atoms with E-state index < -0.39 is 12.2 Å². The summed E-state index contributed by atoms with van der Waals surface area (Å²) in [6, 6.07) is 4.06. The van der Waals surface area contributed by atoms with Gasteiger partial charge in [0.1, 0.15) is 6.04 Å². The first-order valence-corrected chi connectivity index (χ1v) is 6.91. The predicted octanol–water partition coefficient (Wildman–Crippen LogP) is 4.63. The molecule has 1 heterocycles. The van der Waals surface area contributed by atoms with Gasteiger partial charge in [0.25, 0.3) is 0 Å². The second-order valence-corrected chi connectivity index (χ2v) is 5.77. The van der Waals surface area contributed by atoms with Crippen molar-refractivity contribution in [3.63, 3.8) is 0 Å². The lowest BCUT2D eigenvalue weighted by Gasteiger charge is -2.29. The lowest BCUT2D eigenvalue weighted by molar-refractivity contribution is -0.145. The minimum absolute atomic E-state index is 0.178. The van der Waals surface area contributed by atoms with Crippen LogP contribution in [0.5, 0.6) is 0 Å². The number of hydrogen-bond acceptors (Lipinski definition) is 2. The molecule has 1 unspecified atom stereocenters. The minimum atomic E-state index is -4.16. The molecule has 19 heavy (non-hydrogen) atoms. The summed E-state index contributed by atoms with van der Waals surface area (Å²) in [6.45, 7) is 4.55. The second-order valence-electron chi connectivity index (χ2n) is 5.29. The second kappa shape index (κ2) is 5.27. The molecular weight excluding hydrogens is 271 g/mol. The SMILES string of the molecule is CC(C)c1ccc(N2CCCC2C(F)(F)F)cc1S. The number of hydrogen-bond donors (Lipinski definition) is 1. The molecule has 0 bridgehead atoms. The Bertz CT molecular complexity index is 456. The standard InChI is InChI=1S/C14H18F3NS/c1-9(2)11-6-5-10(8-12(11)19)18-7-3-4-13(18)14(15,16)17/h5-6,8-9,13,19H,3-4,7H2,1-2H3. The van der Waals surface area contributed by atoms with Crippen LogP contribution in [-0.4, -0.2) is 18.8 Å². The van der Waals surface area contributed by atoms with Gasteiger partial charge in [-0.25, -0.2) is 0 Å². The van der Waals surface area contributed by atoms with E-state index >= 15 is 0 Å². The molecule has 0 radical (unpaired) electrons. The zero-order valence-corrected chi connectivity index (χ0v) is 11.9. The average molecular weight is 289 g/mol. The quantitative estimate of drug-likeness (QED) is 0.777. The van der Waals surface area contributed by atoms with Crippen LogP contribution in [0.25, 0.3) is 0 Å². The Morgan fingerprint density at radius 1 is 1.32 bits per heavy atom. The van der Waals surface area contributed by atoms with Crippen molar-refractivity contribution in [3.8, 4) is 0 Å². The molecule has 0 amide bonds. The van der Waals surface area contributed by atoms with Gasteiger partial charge in [0.2, 0.25) is 0 Å². The van der Waals surface area contributed by atoms with E-state index in [9.17, 15) is 13.2 Å². The minimum Gasteiger partial charge on any atom is -0.360 e. The molecule has 1 aromatic carbocycles. The Morgan fingerprint density at radius 2 is 2.00 bits per heavy atom. The summed E-state index contributed by atoms with van der Waals surface area (Å²) >= 11 is 4.39. The summed E-state index contributed by atoms with van der Waals surface area (Å²) < 4.78 is 38.8. The van der Waals surface area contributed by atoms with Crippen molar-refractivity contribution in [1.82, 2.24) is 0 Å². The summed E-state index contributed by atoms with van der Waals surface area (Å²) in [5, 5.41) is 0. The van der Waals surface area contributed by atoms with Crippen molar-refractivity contribution in [3.05, 3.63) is 23.8 Å². The van der Waals surface area contributed by atoms with E-state index in [0.717, 1.165) is 10.5 Å². The molecule has 1 saturated heterocycles. The van der Waals surface area contributed by atoms with Gasteiger partial charge in [0, 0.05) is 17.1 Å². The third-order valence-corrected chi connectivity index (χ3v) is 3.99. The zero-order chi connectivity index (χ0) is 14.2. The summed E-state index contributed by atoms with van der Waals surface area (Å²) in [6.07, 6.45) is -3.40. The highest BCUT2D eigenvalue weighted by Crippen LogP contribution is 2.37. The van der Waals surface area contributed by atoms with Crippen LogP contribution in [0.4, 0.5) is 18.9 Å². The fourth-order valence-corrected chi connectivity index (χ4v) is 3.08. The van der Waals surface area contributed by atoms with Crippen LogP contribution in [0, 0.1) is 0 Å². The summed E-state index contributed by atoms with van der Waals surface area (Å²) in [4.78, 5) is 2.21. The molecule has 1 aliphatic heterocycles. The van der Waals surface area contributed by atoms with Gasteiger partial charge in [-0.2, -0.15) is 13.2 Å². The van der Waals surface area contributed by atoms with E-state index in [1.54, 1.807) is 12.1 Å². The van der Waals surface area contributed by atoms with Crippen LogP contribution in [0.15, 0.2) is 23.1 Å². The molecule has 1 aliphatic rings. The van der Waals surface area contributed by atoms with Gasteiger partial charge >= 0.3 is 6.18 Å². The van der Waals surface area contributed by atoms with Gasteiger partial charge in [-0.15, -0.1) is 12.6 Å². The van der Waals surface area contributed by atoms with Crippen molar-refractivity contribution in [2.45, 2.75) is 49.7 Å². The predicted molar refractivity (Wildman–Crippen MR) is 74.2 cm³/mol. The molecule has 0 spiro atoms. The normalized spacial score (nSPS) is 20.4. The number of thiol groups is 1. The third-order valence-electron chi connectivity index (χ3n) is 3.60. The number of benzene rings is 1. The topological polar surface area (TPSA) is 3.24 Å². The fraction of sp³-hybridized carbons (Fsp3) is 0.571. The molecule has 1 nitrogen and oxygen atoms in total. The summed E-state index contributed by atoms with van der Waals surface area (Å²) in [5.41, 5.74) is 1.68. The fourth-order valence-electron chi connectivity index (χ4n) is 2.61. The van der Waals surface area contributed by atoms with Crippen LogP contribution in [0.1, 0.15) is 38.2 Å². The number of halogens is 3. The van der Waals surface area contributed by atoms with E-state index in [2.05, 4.69) is 12.6 Å². The highest BCUT2D eigenvalue weighted by molar-refractivity contribution is 7.80. The van der Waals surface area contributed by atoms with Crippen LogP contribution in [0.2, 0.25) is 0 Å². The van der Waals surface area contributed by atoms with Gasteiger partial charge < -0.3 is 4.90 Å². The molecule has 5 heteroatoms. The largest absolute Gasteiger partial charge is 0.408 e. The van der Waals surface area contributed by atoms with Crippen molar-refractivity contribution >= 4 is 18.3 Å². The molecule has 0 aliphatic carbocycles. The van der Waals surface area contributed by atoms with Gasteiger partial charge in [-0.3, -0.25) is 0 Å². The first kappa shape index (κ1) is 14.6. The third kappa shape index (κ3) is 3.02. The lowest BCUT2D eigenvalue weighted by atomic mass is 10.0. The Hall–Kier alpha value is -0.840. The summed E-state index contributed by atoms with van der Waals surface area (Å²) in [7, 11) is 0. The molecule has 1 aromatic rings. The Morgan fingerprint density at radius 3 is 2.53 bits per heavy atom. The molecule has 106 valence electrons. The van der Waals surface area contributed by atoms with Crippen molar-refractivity contribution in [2.75, 3.05) is 11.4 Å². The van der Waals surface area contributed by atoms with E-state index in [-0.39, 0.29) is 6.42 Å². The van der Waals surface area contributed by atoms with Gasteiger partial charge in [-0.1, -0.05) is 19.9 Å². The van der Waals surface area contributed by atoms with Crippen molar-refractivity contribution in [1.29, 1.82) is 0 Å². The van der Waals surface area contributed by atoms with Crippen LogP contribution < -0.4 is 4.90 Å². The maximum atomic E-state index is 12.9. The number of anilines is 1. The molecule has 1 atom stereocenters. The molecule has 0 N–H and O–H groups in total. The number of alkyl halides is 3. The van der Waals surface area contributed by atoms with E-state index in [1.807, 2.05) is 19.9 Å². The summed E-state index contributed by atoms with van der Waals surface area (Å²) in [5.74, 6) is 0.318. The maximum absolute atomic E-state index is 12.9. The van der Waals surface area contributed by atoms with Crippen molar-refractivity contribution < 1.29 is 13.2 Å². The number of nitrogens with zero attached hydrogens (tertiary/aromatic N) is 1. The Labute approximate surface area is 117 Å². The highest BCUT2D eigenvalue weighted by atomic mass is 32.1. The molecular formula is C14H18F3NS. The average Bonchev–Trinajstić information content (AvgIpc) is 2.76. The first-order chi connectivity index (χ1) is 8.80. The number of rotatable bonds is 2. The van der Waals surface area contributed by atoms with E-state index in [4.69, 9.17) is 0 Å². The Balaban J connectivity index is 2.29. The molecule has 0 saturated carbocycles. The van der Waals surface area contributed by atoms with E-state index in [1.165, 1.54) is 4.90 Å². The monoisotopic (exact) mass is 289 g/mol. The first-order valence-electron chi connectivity index (χ1n) is 6.47. The molecule has 2 rings (SSSR count). The van der Waals surface area contributed by atoms with Gasteiger partial charge in [0.05, 0.1) is 0 Å². The van der Waals surface area contributed by atoms with Crippen molar-refractivity contribution in [2.24, 2.45) is 0 Å². The molecule has 0 aromatic heterocycles. The molecule has 1 fully saturated rings. The van der Waals surface area contributed by atoms with Gasteiger partial charge in [-0.05, 0) is 36.5 Å². The Kier molecular flexibility index (Phi) is 4.04. The van der Waals surface area contributed by atoms with E-state index in [0.29, 0.717) is 24.6 Å². The van der Waals surface area contributed by atoms with Gasteiger partial charge in [0.15, 0.2) is 0 Å². The highest BCUT2D eigenvalue weighted by Gasteiger charge is 2.46. The zero-order valence-electron chi connectivity index (χ0n) is 11.0. The smallest absolute Gasteiger partial charge is 0.360 e. The maximum Gasteiger partial charge on any atom is 0.408 e. The van der Waals surface area contributed by atoms with Crippen LogP contribution in [-0.2, 0) is 0 Å². The van der Waals surface area contributed by atoms with Crippen LogP contribution in [0.3, 0.4) is 0 Å².